The van der Waals surface area contributed by atoms with E-state index in [1.165, 1.54) is 6.07 Å². The number of halogens is 3. The topological polar surface area (TPSA) is 47.3 Å². The molecule has 3 nitrogen and oxygen atoms in total. The van der Waals surface area contributed by atoms with E-state index in [9.17, 15) is 4.39 Å². The van der Waals surface area contributed by atoms with Gasteiger partial charge in [-0.05, 0) is 51.3 Å². The molecule has 0 heterocycles. The van der Waals surface area contributed by atoms with Gasteiger partial charge in [-0.15, -0.1) is 0 Å². The fourth-order valence-corrected chi connectivity index (χ4v) is 2.52. The van der Waals surface area contributed by atoms with Crippen LogP contribution in [0.1, 0.15) is 17.2 Å². The highest BCUT2D eigenvalue weighted by Gasteiger charge is 2.15. The molecule has 0 saturated carbocycles. The molecule has 0 aliphatic carbocycles. The number of methoxy groups -OCH3 is 1. The zero-order valence-corrected chi connectivity index (χ0v) is 13.0. The van der Waals surface area contributed by atoms with Crippen molar-refractivity contribution in [3.63, 3.8) is 0 Å². The molecule has 0 saturated heterocycles. The summed E-state index contributed by atoms with van der Waals surface area (Å²) in [4.78, 5) is 0. The van der Waals surface area contributed by atoms with Crippen LogP contribution in [-0.2, 0) is 0 Å². The highest BCUT2D eigenvalue weighted by atomic mass is 79.9. The maximum Gasteiger partial charge on any atom is 0.137 e. The van der Waals surface area contributed by atoms with E-state index in [1.54, 1.807) is 31.4 Å². The van der Waals surface area contributed by atoms with Crippen LogP contribution in [0.2, 0.25) is 5.02 Å². The lowest BCUT2D eigenvalue weighted by Crippen LogP contribution is -2.28. The van der Waals surface area contributed by atoms with Crippen molar-refractivity contribution in [2.45, 2.75) is 6.04 Å². The van der Waals surface area contributed by atoms with Crippen LogP contribution in [0, 0.1) is 5.82 Å². The van der Waals surface area contributed by atoms with Crippen molar-refractivity contribution in [2.75, 3.05) is 7.11 Å². The first-order chi connectivity index (χ1) is 9.56. The summed E-state index contributed by atoms with van der Waals surface area (Å²) in [7, 11) is 1.55. The van der Waals surface area contributed by atoms with E-state index in [-0.39, 0.29) is 11.9 Å². The summed E-state index contributed by atoms with van der Waals surface area (Å²) in [6.07, 6.45) is 0. The van der Waals surface area contributed by atoms with Gasteiger partial charge in [0.2, 0.25) is 0 Å². The van der Waals surface area contributed by atoms with Gasteiger partial charge in [0.25, 0.3) is 0 Å². The normalized spacial score (nSPS) is 12.2. The van der Waals surface area contributed by atoms with E-state index >= 15 is 0 Å². The molecule has 0 amide bonds. The molecular weight excluding hydrogens is 347 g/mol. The van der Waals surface area contributed by atoms with Crippen LogP contribution in [0.25, 0.3) is 0 Å². The third-order valence-corrected chi connectivity index (χ3v) is 3.87. The van der Waals surface area contributed by atoms with Gasteiger partial charge in [-0.1, -0.05) is 23.7 Å². The standard InChI is InChI=1S/C14H13BrClFN2O/c1-20-13-7-9(2-4-11(13)16)14(19-18)8-3-5-12(17)10(15)6-8/h2-7,14,19H,18H2,1H3. The Labute approximate surface area is 130 Å². The Bertz CT molecular complexity index is 624. The molecule has 1 atom stereocenters. The second-order valence-electron chi connectivity index (χ2n) is 4.17. The number of nitrogens with two attached hydrogens (primary N) is 1. The Morgan fingerprint density at radius 2 is 1.90 bits per heavy atom. The smallest absolute Gasteiger partial charge is 0.137 e. The monoisotopic (exact) mass is 358 g/mol. The second-order valence-corrected chi connectivity index (χ2v) is 5.43. The molecule has 2 aromatic carbocycles. The Hall–Kier alpha value is -1.14. The summed E-state index contributed by atoms with van der Waals surface area (Å²) < 4.78 is 18.9. The Morgan fingerprint density at radius 1 is 1.25 bits per heavy atom. The number of rotatable bonds is 4. The van der Waals surface area contributed by atoms with Crippen LogP contribution in [-0.4, -0.2) is 7.11 Å². The van der Waals surface area contributed by atoms with Crippen molar-refractivity contribution in [3.8, 4) is 5.75 Å². The van der Waals surface area contributed by atoms with Gasteiger partial charge in [-0.25, -0.2) is 9.82 Å². The molecule has 0 aliphatic rings. The lowest BCUT2D eigenvalue weighted by Gasteiger charge is -2.18. The first kappa shape index (κ1) is 15.3. The minimum Gasteiger partial charge on any atom is -0.495 e. The Balaban J connectivity index is 2.43. The number of benzene rings is 2. The van der Waals surface area contributed by atoms with Gasteiger partial charge in [0.15, 0.2) is 0 Å². The number of nitrogens with one attached hydrogen (secondary N) is 1. The molecule has 0 radical (unpaired) electrons. The van der Waals surface area contributed by atoms with E-state index in [0.717, 1.165) is 11.1 Å². The molecule has 2 rings (SSSR count). The number of hydrogen-bond acceptors (Lipinski definition) is 3. The van der Waals surface area contributed by atoms with Crippen molar-refractivity contribution >= 4 is 27.5 Å². The van der Waals surface area contributed by atoms with E-state index in [0.29, 0.717) is 15.2 Å². The molecule has 20 heavy (non-hydrogen) atoms. The van der Waals surface area contributed by atoms with Crippen molar-refractivity contribution in [2.24, 2.45) is 5.84 Å². The maximum absolute atomic E-state index is 13.3. The number of ether oxygens (including phenoxy) is 1. The molecule has 3 N–H and O–H groups in total. The van der Waals surface area contributed by atoms with Crippen LogP contribution in [0.3, 0.4) is 0 Å². The highest BCUT2D eigenvalue weighted by Crippen LogP contribution is 2.31. The molecule has 1 unspecified atom stereocenters. The molecule has 0 aromatic heterocycles. The van der Waals surface area contributed by atoms with Crippen molar-refractivity contribution in [1.82, 2.24) is 5.43 Å². The minimum atomic E-state index is -0.321. The molecule has 0 spiro atoms. The summed E-state index contributed by atoms with van der Waals surface area (Å²) in [5, 5.41) is 0.521. The molecule has 0 aliphatic heterocycles. The second kappa shape index (κ2) is 6.54. The van der Waals surface area contributed by atoms with E-state index in [4.69, 9.17) is 22.2 Å². The van der Waals surface area contributed by atoms with Crippen LogP contribution in [0.4, 0.5) is 4.39 Å². The van der Waals surface area contributed by atoms with Gasteiger partial charge in [0.05, 0.1) is 22.6 Å². The van der Waals surface area contributed by atoms with Gasteiger partial charge in [-0.3, -0.25) is 5.84 Å². The predicted molar refractivity (Wildman–Crippen MR) is 81.3 cm³/mol. The first-order valence-electron chi connectivity index (χ1n) is 5.81. The van der Waals surface area contributed by atoms with Gasteiger partial charge < -0.3 is 4.74 Å². The van der Waals surface area contributed by atoms with Crippen molar-refractivity contribution in [1.29, 1.82) is 0 Å². The zero-order valence-electron chi connectivity index (χ0n) is 10.7. The van der Waals surface area contributed by atoms with E-state index in [1.807, 2.05) is 6.07 Å². The van der Waals surface area contributed by atoms with Crippen LogP contribution in [0.5, 0.6) is 5.75 Å². The Kier molecular flexibility index (Phi) is 4.99. The fourth-order valence-electron chi connectivity index (χ4n) is 1.93. The quantitative estimate of drug-likeness (QED) is 0.645. The van der Waals surface area contributed by atoms with Crippen LogP contribution < -0.4 is 16.0 Å². The summed E-state index contributed by atoms with van der Waals surface area (Å²) in [5.74, 6) is 5.86. The number of hydrazine groups is 1. The summed E-state index contributed by atoms with van der Waals surface area (Å²) in [6, 6.07) is 9.82. The minimum absolute atomic E-state index is 0.293. The third-order valence-electron chi connectivity index (χ3n) is 2.95. The summed E-state index contributed by atoms with van der Waals surface area (Å²) in [5.41, 5.74) is 4.40. The van der Waals surface area contributed by atoms with Crippen LogP contribution >= 0.6 is 27.5 Å². The van der Waals surface area contributed by atoms with Crippen molar-refractivity contribution < 1.29 is 9.13 Å². The highest BCUT2D eigenvalue weighted by molar-refractivity contribution is 9.10. The Morgan fingerprint density at radius 3 is 2.50 bits per heavy atom. The first-order valence-corrected chi connectivity index (χ1v) is 6.98. The third kappa shape index (κ3) is 3.12. The van der Waals surface area contributed by atoms with Gasteiger partial charge >= 0.3 is 0 Å². The zero-order chi connectivity index (χ0) is 14.7. The predicted octanol–water partition coefficient (Wildman–Crippen LogP) is 3.80. The average Bonchev–Trinajstić information content (AvgIpc) is 2.45. The lowest BCUT2D eigenvalue weighted by molar-refractivity contribution is 0.414. The maximum atomic E-state index is 13.3. The van der Waals surface area contributed by atoms with Gasteiger partial charge in [-0.2, -0.15) is 0 Å². The molecule has 6 heteroatoms. The molecule has 2 aromatic rings. The molecular formula is C14H13BrClFN2O. The average molecular weight is 360 g/mol. The largest absolute Gasteiger partial charge is 0.495 e. The summed E-state index contributed by atoms with van der Waals surface area (Å²) >= 11 is 9.17. The molecule has 106 valence electrons. The van der Waals surface area contributed by atoms with E-state index < -0.39 is 0 Å². The van der Waals surface area contributed by atoms with Crippen molar-refractivity contribution in [3.05, 3.63) is 62.8 Å². The molecule has 0 fully saturated rings. The van der Waals surface area contributed by atoms with Gasteiger partial charge in [0, 0.05) is 0 Å². The summed E-state index contributed by atoms with van der Waals surface area (Å²) in [6.45, 7) is 0. The SMILES string of the molecule is COc1cc(C(NN)c2ccc(F)c(Br)c2)ccc1Cl. The lowest BCUT2D eigenvalue weighted by atomic mass is 9.99. The number of hydrogen-bond donors (Lipinski definition) is 2. The van der Waals surface area contributed by atoms with Gasteiger partial charge in [0.1, 0.15) is 11.6 Å². The molecule has 0 bridgehead atoms. The van der Waals surface area contributed by atoms with Crippen LogP contribution in [0.15, 0.2) is 40.9 Å². The fraction of sp³-hybridized carbons (Fsp3) is 0.143. The van der Waals surface area contributed by atoms with E-state index in [2.05, 4.69) is 21.4 Å².